The van der Waals surface area contributed by atoms with E-state index in [2.05, 4.69) is 27.2 Å². The van der Waals surface area contributed by atoms with Crippen molar-refractivity contribution in [1.82, 2.24) is 20.2 Å². The van der Waals surface area contributed by atoms with Gasteiger partial charge in [-0.05, 0) is 46.2 Å². The van der Waals surface area contributed by atoms with E-state index in [1.54, 1.807) is 0 Å². The molecule has 0 unspecified atom stereocenters. The maximum Gasteiger partial charge on any atom is 0.223 e. The Kier molecular flexibility index (Phi) is 5.23. The Labute approximate surface area is 137 Å². The molecular weight excluding hydrogens is 292 g/mol. The van der Waals surface area contributed by atoms with Crippen LogP contribution < -0.4 is 5.32 Å². The first kappa shape index (κ1) is 16.3. The second-order valence-corrected chi connectivity index (χ2v) is 6.57. The third-order valence-electron chi connectivity index (χ3n) is 4.90. The molecule has 1 amide bonds. The van der Waals surface area contributed by atoms with E-state index in [4.69, 9.17) is 4.74 Å². The van der Waals surface area contributed by atoms with E-state index in [-0.39, 0.29) is 11.8 Å². The second kappa shape index (κ2) is 7.36. The zero-order valence-corrected chi connectivity index (χ0v) is 14.0. The minimum atomic E-state index is 0.0766. The number of amides is 1. The van der Waals surface area contributed by atoms with Gasteiger partial charge in [0.25, 0.3) is 0 Å². The van der Waals surface area contributed by atoms with Gasteiger partial charge in [-0.25, -0.2) is 9.97 Å². The summed E-state index contributed by atoms with van der Waals surface area (Å²) in [6.07, 6.45) is 5.81. The molecule has 2 aliphatic rings. The van der Waals surface area contributed by atoms with E-state index in [1.165, 1.54) is 6.42 Å². The van der Waals surface area contributed by atoms with Crippen molar-refractivity contribution < 1.29 is 9.53 Å². The molecule has 6 nitrogen and oxygen atoms in total. The Balaban J connectivity index is 1.68. The van der Waals surface area contributed by atoms with Crippen LogP contribution in [0.1, 0.15) is 48.8 Å². The van der Waals surface area contributed by atoms with Gasteiger partial charge in [-0.2, -0.15) is 0 Å². The summed E-state index contributed by atoms with van der Waals surface area (Å²) in [6, 6.07) is 0.340. The molecule has 0 saturated carbocycles. The SMILES string of the molecule is Cc1ncc(CNC(=O)C2CCOCC2)c([C@H]2CCCN2C)n1. The maximum absolute atomic E-state index is 12.3. The number of rotatable bonds is 4. The van der Waals surface area contributed by atoms with Crippen LogP contribution in [0.25, 0.3) is 0 Å². The molecule has 23 heavy (non-hydrogen) atoms. The highest BCUT2D eigenvalue weighted by molar-refractivity contribution is 5.78. The van der Waals surface area contributed by atoms with Crippen molar-refractivity contribution in [1.29, 1.82) is 0 Å². The van der Waals surface area contributed by atoms with Gasteiger partial charge in [0.1, 0.15) is 5.82 Å². The molecular formula is C17H26N4O2. The van der Waals surface area contributed by atoms with Crippen molar-refractivity contribution in [3.63, 3.8) is 0 Å². The fourth-order valence-electron chi connectivity index (χ4n) is 3.48. The summed E-state index contributed by atoms with van der Waals surface area (Å²) in [5, 5.41) is 3.07. The van der Waals surface area contributed by atoms with Crippen molar-refractivity contribution in [2.75, 3.05) is 26.8 Å². The topological polar surface area (TPSA) is 67.3 Å². The molecule has 0 spiro atoms. The smallest absolute Gasteiger partial charge is 0.223 e. The monoisotopic (exact) mass is 318 g/mol. The quantitative estimate of drug-likeness (QED) is 0.913. The molecule has 2 aliphatic heterocycles. The van der Waals surface area contributed by atoms with Gasteiger partial charge in [-0.3, -0.25) is 9.69 Å². The van der Waals surface area contributed by atoms with Crippen molar-refractivity contribution >= 4 is 5.91 Å². The van der Waals surface area contributed by atoms with Gasteiger partial charge in [-0.1, -0.05) is 0 Å². The number of ether oxygens (including phenoxy) is 1. The van der Waals surface area contributed by atoms with Gasteiger partial charge in [0, 0.05) is 37.4 Å². The fourth-order valence-corrected chi connectivity index (χ4v) is 3.48. The van der Waals surface area contributed by atoms with Crippen molar-refractivity contribution in [3.05, 3.63) is 23.3 Å². The molecule has 126 valence electrons. The molecule has 1 aromatic heterocycles. The Bertz CT molecular complexity index is 558. The van der Waals surface area contributed by atoms with Crippen LogP contribution in [0, 0.1) is 12.8 Å². The summed E-state index contributed by atoms with van der Waals surface area (Å²) in [6.45, 7) is 4.90. The van der Waals surface area contributed by atoms with E-state index in [1.807, 2.05) is 13.1 Å². The summed E-state index contributed by atoms with van der Waals surface area (Å²) < 4.78 is 5.32. The Hall–Kier alpha value is -1.53. The number of nitrogens with zero attached hydrogens (tertiary/aromatic N) is 3. The molecule has 2 fully saturated rings. The van der Waals surface area contributed by atoms with Crippen LogP contribution in [0.2, 0.25) is 0 Å². The average molecular weight is 318 g/mol. The number of likely N-dealkylation sites (tertiary alicyclic amines) is 1. The maximum atomic E-state index is 12.3. The first-order chi connectivity index (χ1) is 11.1. The minimum Gasteiger partial charge on any atom is -0.381 e. The van der Waals surface area contributed by atoms with Crippen LogP contribution in [0.3, 0.4) is 0 Å². The predicted octanol–water partition coefficient (Wildman–Crippen LogP) is 1.59. The number of carbonyl (C=O) groups excluding carboxylic acids is 1. The lowest BCUT2D eigenvalue weighted by Gasteiger charge is -2.23. The Morgan fingerprint density at radius 3 is 2.87 bits per heavy atom. The third kappa shape index (κ3) is 3.87. The molecule has 0 bridgehead atoms. The van der Waals surface area contributed by atoms with Gasteiger partial charge < -0.3 is 10.1 Å². The molecule has 1 N–H and O–H groups in total. The summed E-state index contributed by atoms with van der Waals surface area (Å²) in [5.74, 6) is 0.993. The van der Waals surface area contributed by atoms with Crippen LogP contribution in [-0.4, -0.2) is 47.6 Å². The normalized spacial score (nSPS) is 23.1. The zero-order chi connectivity index (χ0) is 16.2. The van der Waals surface area contributed by atoms with Gasteiger partial charge in [0.2, 0.25) is 5.91 Å². The highest BCUT2D eigenvalue weighted by Gasteiger charge is 2.27. The lowest BCUT2D eigenvalue weighted by molar-refractivity contribution is -0.128. The van der Waals surface area contributed by atoms with E-state index >= 15 is 0 Å². The standard InChI is InChI=1S/C17H26N4O2/c1-12-18-10-14(16(20-12)15-4-3-7-21(15)2)11-19-17(22)13-5-8-23-9-6-13/h10,13,15H,3-9,11H2,1-2H3,(H,19,22)/t15-/m1/s1. The molecule has 6 heteroatoms. The lowest BCUT2D eigenvalue weighted by atomic mass is 9.99. The number of nitrogens with one attached hydrogen (secondary N) is 1. The minimum absolute atomic E-state index is 0.0766. The highest BCUT2D eigenvalue weighted by atomic mass is 16.5. The van der Waals surface area contributed by atoms with Gasteiger partial charge in [-0.15, -0.1) is 0 Å². The van der Waals surface area contributed by atoms with Crippen LogP contribution in [-0.2, 0) is 16.1 Å². The van der Waals surface area contributed by atoms with Gasteiger partial charge >= 0.3 is 0 Å². The highest BCUT2D eigenvalue weighted by Crippen LogP contribution is 2.31. The van der Waals surface area contributed by atoms with Crippen LogP contribution in [0.5, 0.6) is 0 Å². The summed E-state index contributed by atoms with van der Waals surface area (Å²) >= 11 is 0. The van der Waals surface area contributed by atoms with E-state index in [0.29, 0.717) is 25.8 Å². The fraction of sp³-hybridized carbons (Fsp3) is 0.706. The first-order valence-corrected chi connectivity index (χ1v) is 8.53. The molecule has 0 aliphatic carbocycles. The third-order valence-corrected chi connectivity index (χ3v) is 4.90. The van der Waals surface area contributed by atoms with Crippen molar-refractivity contribution in [3.8, 4) is 0 Å². The number of aryl methyl sites for hydroxylation is 1. The van der Waals surface area contributed by atoms with Crippen molar-refractivity contribution in [2.45, 2.75) is 45.2 Å². The Morgan fingerprint density at radius 1 is 1.39 bits per heavy atom. The molecule has 1 aromatic rings. The molecule has 0 aromatic carbocycles. The predicted molar refractivity (Wildman–Crippen MR) is 86.8 cm³/mol. The summed E-state index contributed by atoms with van der Waals surface area (Å²) in [5.41, 5.74) is 2.11. The van der Waals surface area contributed by atoms with Gasteiger partial charge in [0.15, 0.2) is 0 Å². The molecule has 3 rings (SSSR count). The summed E-state index contributed by atoms with van der Waals surface area (Å²) in [7, 11) is 2.14. The number of hydrogen-bond acceptors (Lipinski definition) is 5. The lowest BCUT2D eigenvalue weighted by Crippen LogP contribution is -2.34. The molecule has 2 saturated heterocycles. The van der Waals surface area contributed by atoms with E-state index in [9.17, 15) is 4.79 Å². The zero-order valence-electron chi connectivity index (χ0n) is 14.0. The average Bonchev–Trinajstić information content (AvgIpc) is 3.00. The van der Waals surface area contributed by atoms with Crippen molar-refractivity contribution in [2.24, 2.45) is 5.92 Å². The number of aromatic nitrogens is 2. The van der Waals surface area contributed by atoms with Crippen LogP contribution in [0.15, 0.2) is 6.20 Å². The van der Waals surface area contributed by atoms with Gasteiger partial charge in [0.05, 0.1) is 11.7 Å². The second-order valence-electron chi connectivity index (χ2n) is 6.57. The Morgan fingerprint density at radius 2 is 2.17 bits per heavy atom. The number of hydrogen-bond donors (Lipinski definition) is 1. The molecule has 0 radical (unpaired) electrons. The molecule has 1 atom stereocenters. The number of carbonyl (C=O) groups is 1. The first-order valence-electron chi connectivity index (χ1n) is 8.53. The van der Waals surface area contributed by atoms with Crippen LogP contribution in [0.4, 0.5) is 0 Å². The largest absolute Gasteiger partial charge is 0.381 e. The summed E-state index contributed by atoms with van der Waals surface area (Å²) in [4.78, 5) is 23.7. The van der Waals surface area contributed by atoms with E-state index in [0.717, 1.165) is 42.9 Å². The molecule has 3 heterocycles. The van der Waals surface area contributed by atoms with Crippen LogP contribution >= 0.6 is 0 Å². The van der Waals surface area contributed by atoms with E-state index < -0.39 is 0 Å².